The molecule has 1 aliphatic rings. The van der Waals surface area contributed by atoms with Gasteiger partial charge in [0.05, 0.1) is 22.5 Å². The second-order valence-corrected chi connectivity index (χ2v) is 12.5. The van der Waals surface area contributed by atoms with Crippen LogP contribution in [0.15, 0.2) is 76.5 Å². The third-order valence-corrected chi connectivity index (χ3v) is 9.10. The molecule has 11 heteroatoms. The zero-order valence-electron chi connectivity index (χ0n) is 21.3. The lowest BCUT2D eigenvalue weighted by Crippen LogP contribution is -2.32. The Bertz CT molecular complexity index is 1500. The predicted molar refractivity (Wildman–Crippen MR) is 147 cm³/mol. The molecule has 1 amide bonds. The number of hydrogen-bond acceptors (Lipinski definition) is 6. The summed E-state index contributed by atoms with van der Waals surface area (Å²) in [6.45, 7) is 3.13. The van der Waals surface area contributed by atoms with E-state index >= 15 is 0 Å². The van der Waals surface area contributed by atoms with E-state index in [-0.39, 0.29) is 26.9 Å². The zero-order valence-corrected chi connectivity index (χ0v) is 22.9. The maximum Gasteiger partial charge on any atom is 0.261 e. The number of rotatable bonds is 8. The fourth-order valence-electron chi connectivity index (χ4n) is 4.22. The molecule has 0 atom stereocenters. The van der Waals surface area contributed by atoms with Gasteiger partial charge in [-0.3, -0.25) is 14.2 Å². The second-order valence-electron chi connectivity index (χ2n) is 9.17. The highest BCUT2D eigenvalue weighted by molar-refractivity contribution is 7.93. The van der Waals surface area contributed by atoms with Crippen LogP contribution in [-0.2, 0) is 20.0 Å². The second kappa shape index (κ2) is 11.4. The summed E-state index contributed by atoms with van der Waals surface area (Å²) in [4.78, 5) is 14.8. The fourth-order valence-corrected chi connectivity index (χ4v) is 6.36. The highest BCUT2D eigenvalue weighted by Gasteiger charge is 2.24. The average molecular weight is 558 g/mol. The van der Waals surface area contributed by atoms with E-state index in [2.05, 4.69) is 9.44 Å². The summed E-state index contributed by atoms with van der Waals surface area (Å²) in [5, 5.41) is 0. The molecule has 3 aromatic carbocycles. The van der Waals surface area contributed by atoms with Crippen LogP contribution in [0.5, 0.6) is 5.75 Å². The molecule has 0 aliphatic carbocycles. The van der Waals surface area contributed by atoms with Crippen LogP contribution in [-0.4, -0.2) is 47.8 Å². The maximum absolute atomic E-state index is 13.2. The lowest BCUT2D eigenvalue weighted by atomic mass is 10.1. The van der Waals surface area contributed by atoms with Gasteiger partial charge in [0.1, 0.15) is 5.75 Å². The standard InChI is InChI=1S/C27H31N3O6S2/c1-20-7-9-21(10-8-20)28-37(32,33)23-13-11-22(12-14-23)29-38(34,35)24-15-16-26(36-2)25(19-24)27(31)30-17-5-3-4-6-18-30/h7-16,19,28-29H,3-6,17-18H2,1-2H3. The quantitative estimate of drug-likeness (QED) is 0.417. The summed E-state index contributed by atoms with van der Waals surface area (Å²) < 4.78 is 62.0. The minimum atomic E-state index is -4.07. The molecule has 0 aromatic heterocycles. The van der Waals surface area contributed by atoms with Crippen LogP contribution < -0.4 is 14.2 Å². The third-order valence-electron chi connectivity index (χ3n) is 6.33. The molecule has 1 heterocycles. The number of aryl methyl sites for hydroxylation is 1. The van der Waals surface area contributed by atoms with Crippen LogP contribution in [0.2, 0.25) is 0 Å². The van der Waals surface area contributed by atoms with Gasteiger partial charge in [-0.25, -0.2) is 16.8 Å². The number of likely N-dealkylation sites (tertiary alicyclic amines) is 1. The van der Waals surface area contributed by atoms with Crippen molar-refractivity contribution in [2.75, 3.05) is 29.6 Å². The minimum absolute atomic E-state index is 0.0178. The number of ether oxygens (including phenoxy) is 1. The van der Waals surface area contributed by atoms with Crippen LogP contribution in [0.25, 0.3) is 0 Å². The number of amides is 1. The van der Waals surface area contributed by atoms with E-state index in [1.54, 1.807) is 29.2 Å². The zero-order chi connectivity index (χ0) is 27.3. The average Bonchev–Trinajstić information content (AvgIpc) is 3.19. The maximum atomic E-state index is 13.2. The van der Waals surface area contributed by atoms with Crippen molar-refractivity contribution in [3.05, 3.63) is 77.9 Å². The molecule has 202 valence electrons. The molecule has 0 bridgehead atoms. The number of hydrogen-bond donors (Lipinski definition) is 2. The summed E-state index contributed by atoms with van der Waals surface area (Å²) >= 11 is 0. The number of carbonyl (C=O) groups excluding carboxylic acids is 1. The van der Waals surface area contributed by atoms with Crippen LogP contribution in [0.1, 0.15) is 41.6 Å². The molecule has 4 rings (SSSR count). The number of nitrogens with one attached hydrogen (secondary N) is 2. The molecule has 38 heavy (non-hydrogen) atoms. The lowest BCUT2D eigenvalue weighted by Gasteiger charge is -2.22. The Morgan fingerprint density at radius 1 is 0.737 bits per heavy atom. The van der Waals surface area contributed by atoms with Crippen LogP contribution in [0.4, 0.5) is 11.4 Å². The van der Waals surface area contributed by atoms with Crippen molar-refractivity contribution in [1.29, 1.82) is 0 Å². The Kier molecular flexibility index (Phi) is 8.27. The first-order valence-electron chi connectivity index (χ1n) is 12.3. The van der Waals surface area contributed by atoms with E-state index in [0.29, 0.717) is 24.5 Å². The number of nitrogens with zero attached hydrogens (tertiary/aromatic N) is 1. The van der Waals surface area contributed by atoms with Crippen molar-refractivity contribution in [3.63, 3.8) is 0 Å². The lowest BCUT2D eigenvalue weighted by molar-refractivity contribution is 0.0758. The van der Waals surface area contributed by atoms with Gasteiger partial charge >= 0.3 is 0 Å². The van der Waals surface area contributed by atoms with Crippen molar-refractivity contribution in [1.82, 2.24) is 4.90 Å². The monoisotopic (exact) mass is 557 g/mol. The van der Waals surface area contributed by atoms with Gasteiger partial charge in [0.2, 0.25) is 0 Å². The topological polar surface area (TPSA) is 122 Å². The van der Waals surface area contributed by atoms with E-state index in [1.807, 2.05) is 6.92 Å². The van der Waals surface area contributed by atoms with Gasteiger partial charge in [-0.1, -0.05) is 30.5 Å². The fraction of sp³-hybridized carbons (Fsp3) is 0.296. The first-order chi connectivity index (χ1) is 18.1. The smallest absolute Gasteiger partial charge is 0.261 e. The first kappa shape index (κ1) is 27.5. The van der Waals surface area contributed by atoms with Gasteiger partial charge in [0.25, 0.3) is 26.0 Å². The molecule has 0 unspecified atom stereocenters. The third kappa shape index (κ3) is 6.46. The van der Waals surface area contributed by atoms with Gasteiger partial charge in [0, 0.05) is 24.5 Å². The van der Waals surface area contributed by atoms with Crippen molar-refractivity contribution >= 4 is 37.3 Å². The minimum Gasteiger partial charge on any atom is -0.496 e. The van der Waals surface area contributed by atoms with Crippen LogP contribution >= 0.6 is 0 Å². The van der Waals surface area contributed by atoms with Crippen molar-refractivity contribution in [2.24, 2.45) is 0 Å². The largest absolute Gasteiger partial charge is 0.496 e. The molecule has 0 spiro atoms. The summed E-state index contributed by atoms with van der Waals surface area (Å²) in [5.74, 6) is 0.0327. The molecule has 3 aromatic rings. The summed E-state index contributed by atoms with van der Waals surface area (Å²) in [6.07, 6.45) is 3.92. The van der Waals surface area contributed by atoms with Gasteiger partial charge in [-0.15, -0.1) is 0 Å². The first-order valence-corrected chi connectivity index (χ1v) is 15.3. The van der Waals surface area contributed by atoms with Crippen molar-refractivity contribution < 1.29 is 26.4 Å². The highest BCUT2D eigenvalue weighted by Crippen LogP contribution is 2.27. The molecule has 1 fully saturated rings. The van der Waals surface area contributed by atoms with Gasteiger partial charge in [0.15, 0.2) is 0 Å². The molecule has 2 N–H and O–H groups in total. The van der Waals surface area contributed by atoms with E-state index in [1.165, 1.54) is 49.6 Å². The Balaban J connectivity index is 1.53. The Morgan fingerprint density at radius 3 is 1.79 bits per heavy atom. The SMILES string of the molecule is COc1ccc(S(=O)(=O)Nc2ccc(S(=O)(=O)Nc3ccc(C)cc3)cc2)cc1C(=O)N1CCCCCC1. The molecule has 1 saturated heterocycles. The summed E-state index contributed by atoms with van der Waals surface area (Å²) in [6, 6.07) is 16.4. The molecule has 1 aliphatic heterocycles. The summed E-state index contributed by atoms with van der Waals surface area (Å²) in [7, 11) is -6.50. The Hall–Kier alpha value is -3.57. The van der Waals surface area contributed by atoms with Crippen LogP contribution in [0, 0.1) is 6.92 Å². The van der Waals surface area contributed by atoms with E-state index in [9.17, 15) is 21.6 Å². The van der Waals surface area contributed by atoms with E-state index < -0.39 is 20.0 Å². The highest BCUT2D eigenvalue weighted by atomic mass is 32.2. The van der Waals surface area contributed by atoms with Crippen molar-refractivity contribution in [2.45, 2.75) is 42.4 Å². The molecule has 9 nitrogen and oxygen atoms in total. The number of benzene rings is 3. The Morgan fingerprint density at radius 2 is 1.24 bits per heavy atom. The van der Waals surface area contributed by atoms with Gasteiger partial charge < -0.3 is 9.64 Å². The van der Waals surface area contributed by atoms with Gasteiger partial charge in [-0.05, 0) is 74.4 Å². The predicted octanol–water partition coefficient (Wildman–Crippen LogP) is 4.62. The van der Waals surface area contributed by atoms with Crippen molar-refractivity contribution in [3.8, 4) is 5.75 Å². The van der Waals surface area contributed by atoms with Crippen LogP contribution in [0.3, 0.4) is 0 Å². The molecule has 0 saturated carbocycles. The molecular weight excluding hydrogens is 526 g/mol. The summed E-state index contributed by atoms with van der Waals surface area (Å²) in [5.41, 5.74) is 1.78. The van der Waals surface area contributed by atoms with E-state index in [4.69, 9.17) is 4.74 Å². The van der Waals surface area contributed by atoms with E-state index in [0.717, 1.165) is 31.2 Å². The Labute approximate surface area is 223 Å². The molecule has 0 radical (unpaired) electrons. The number of sulfonamides is 2. The number of anilines is 2. The normalized spacial score (nSPS) is 14.4. The van der Waals surface area contributed by atoms with Gasteiger partial charge in [-0.2, -0.15) is 0 Å². The molecular formula is C27H31N3O6S2. The number of methoxy groups -OCH3 is 1. The number of carbonyl (C=O) groups is 1.